The maximum Gasteiger partial charge on any atom is 0.0762 e. The molecule has 3 rings (SSSR count). The van der Waals surface area contributed by atoms with Crippen LogP contribution in [-0.2, 0) is 0 Å². The fraction of sp³-hybridized carbons (Fsp3) is 0.118. The molecule has 94 valence electrons. The molecule has 0 saturated heterocycles. The highest BCUT2D eigenvalue weighted by Crippen LogP contribution is 2.31. The molecule has 0 aliphatic rings. The molecule has 1 heterocycles. The van der Waals surface area contributed by atoms with E-state index in [0.717, 1.165) is 22.5 Å². The Morgan fingerprint density at radius 3 is 2.32 bits per heavy atom. The third-order valence-corrected chi connectivity index (χ3v) is 3.67. The van der Waals surface area contributed by atoms with Crippen molar-refractivity contribution >= 4 is 16.6 Å². The zero-order valence-electron chi connectivity index (χ0n) is 11.1. The number of hydrogen-bond donors (Lipinski definition) is 1. The first-order chi connectivity index (χ1) is 9.18. The summed E-state index contributed by atoms with van der Waals surface area (Å²) in [5.41, 5.74) is 12.3. The smallest absolute Gasteiger partial charge is 0.0762 e. The summed E-state index contributed by atoms with van der Waals surface area (Å²) in [5.74, 6) is 0. The van der Waals surface area contributed by atoms with Gasteiger partial charge in [-0.2, -0.15) is 0 Å². The van der Waals surface area contributed by atoms with E-state index in [9.17, 15) is 0 Å². The number of nitrogen functional groups attached to an aromatic ring is 1. The number of aromatic nitrogens is 1. The van der Waals surface area contributed by atoms with E-state index in [2.05, 4.69) is 19.9 Å². The average Bonchev–Trinajstić information content (AvgIpc) is 2.44. The molecule has 2 nitrogen and oxygen atoms in total. The van der Waals surface area contributed by atoms with Crippen molar-refractivity contribution in [3.8, 4) is 11.3 Å². The van der Waals surface area contributed by atoms with Crippen LogP contribution in [0.1, 0.15) is 11.1 Å². The maximum absolute atomic E-state index is 6.08. The minimum absolute atomic E-state index is 0.771. The third-order valence-electron chi connectivity index (χ3n) is 3.67. The van der Waals surface area contributed by atoms with Crippen LogP contribution in [-0.4, -0.2) is 4.98 Å². The predicted octanol–water partition coefficient (Wildman–Crippen LogP) is 4.10. The van der Waals surface area contributed by atoms with Gasteiger partial charge in [0.25, 0.3) is 0 Å². The zero-order chi connectivity index (χ0) is 13.4. The molecule has 0 amide bonds. The Morgan fingerprint density at radius 2 is 1.53 bits per heavy atom. The summed E-state index contributed by atoms with van der Waals surface area (Å²) < 4.78 is 0. The highest BCUT2D eigenvalue weighted by atomic mass is 14.7. The van der Waals surface area contributed by atoms with Crippen molar-refractivity contribution in [1.82, 2.24) is 4.98 Å². The standard InChI is InChI=1S/C17H16N2/c1-11-12(2)17(14-8-3-5-9-15(14)18)19-16-10-6-4-7-13(11)16/h3-10H,18H2,1-2H3. The lowest BCUT2D eigenvalue weighted by molar-refractivity contribution is 1.28. The molecule has 0 fully saturated rings. The van der Waals surface area contributed by atoms with Crippen molar-refractivity contribution in [2.24, 2.45) is 0 Å². The number of fused-ring (bicyclic) bond motifs is 1. The SMILES string of the molecule is Cc1c(-c2ccccc2N)nc2ccccc2c1C. The van der Waals surface area contributed by atoms with Crippen LogP contribution in [0.2, 0.25) is 0 Å². The average molecular weight is 248 g/mol. The van der Waals surface area contributed by atoms with Crippen LogP contribution in [0, 0.1) is 13.8 Å². The van der Waals surface area contributed by atoms with Crippen LogP contribution in [0.25, 0.3) is 22.2 Å². The highest BCUT2D eigenvalue weighted by molar-refractivity contribution is 5.88. The molecule has 0 saturated carbocycles. The lowest BCUT2D eigenvalue weighted by Crippen LogP contribution is -1.97. The van der Waals surface area contributed by atoms with E-state index in [1.807, 2.05) is 42.5 Å². The Balaban J connectivity index is 2.37. The summed E-state index contributed by atoms with van der Waals surface area (Å²) in [6.45, 7) is 4.25. The van der Waals surface area contributed by atoms with E-state index < -0.39 is 0 Å². The molecular formula is C17H16N2. The lowest BCUT2D eigenvalue weighted by atomic mass is 9.98. The van der Waals surface area contributed by atoms with Gasteiger partial charge in [-0.3, -0.25) is 0 Å². The molecule has 0 aliphatic heterocycles. The van der Waals surface area contributed by atoms with E-state index in [0.29, 0.717) is 0 Å². The van der Waals surface area contributed by atoms with Crippen molar-refractivity contribution < 1.29 is 0 Å². The van der Waals surface area contributed by atoms with E-state index in [4.69, 9.17) is 10.7 Å². The molecule has 19 heavy (non-hydrogen) atoms. The van der Waals surface area contributed by atoms with Crippen LogP contribution in [0.3, 0.4) is 0 Å². The molecular weight excluding hydrogens is 232 g/mol. The van der Waals surface area contributed by atoms with Crippen LogP contribution in [0.5, 0.6) is 0 Å². The maximum atomic E-state index is 6.08. The van der Waals surface area contributed by atoms with Crippen molar-refractivity contribution in [3.63, 3.8) is 0 Å². The first-order valence-electron chi connectivity index (χ1n) is 6.39. The first-order valence-corrected chi connectivity index (χ1v) is 6.39. The Kier molecular flexibility index (Phi) is 2.71. The fourth-order valence-corrected chi connectivity index (χ4v) is 2.45. The van der Waals surface area contributed by atoms with Gasteiger partial charge in [-0.25, -0.2) is 4.98 Å². The summed E-state index contributed by atoms with van der Waals surface area (Å²) in [6, 6.07) is 16.1. The van der Waals surface area contributed by atoms with Gasteiger partial charge in [0.1, 0.15) is 0 Å². The Labute approximate surface area is 112 Å². The molecule has 2 heteroatoms. The fourth-order valence-electron chi connectivity index (χ4n) is 2.45. The molecule has 2 aromatic carbocycles. The van der Waals surface area contributed by atoms with Gasteiger partial charge in [0.15, 0.2) is 0 Å². The van der Waals surface area contributed by atoms with Gasteiger partial charge in [-0.05, 0) is 37.1 Å². The normalized spacial score (nSPS) is 10.8. The first kappa shape index (κ1) is 11.7. The Hall–Kier alpha value is -2.35. The molecule has 0 bridgehead atoms. The molecule has 0 unspecified atom stereocenters. The van der Waals surface area contributed by atoms with Gasteiger partial charge in [-0.15, -0.1) is 0 Å². The molecule has 0 spiro atoms. The quantitative estimate of drug-likeness (QED) is 0.658. The third kappa shape index (κ3) is 1.85. The van der Waals surface area contributed by atoms with Gasteiger partial charge in [0.2, 0.25) is 0 Å². The molecule has 0 atom stereocenters. The molecule has 0 aliphatic carbocycles. The summed E-state index contributed by atoms with van der Waals surface area (Å²) in [7, 11) is 0. The molecule has 2 N–H and O–H groups in total. The molecule has 3 aromatic rings. The number of rotatable bonds is 1. The van der Waals surface area contributed by atoms with E-state index in [-0.39, 0.29) is 0 Å². The van der Waals surface area contributed by atoms with E-state index >= 15 is 0 Å². The number of para-hydroxylation sites is 2. The topological polar surface area (TPSA) is 38.9 Å². The molecule has 1 aromatic heterocycles. The summed E-state index contributed by atoms with van der Waals surface area (Å²) >= 11 is 0. The van der Waals surface area contributed by atoms with Gasteiger partial charge >= 0.3 is 0 Å². The van der Waals surface area contributed by atoms with Crippen LogP contribution in [0.15, 0.2) is 48.5 Å². The van der Waals surface area contributed by atoms with Gasteiger partial charge in [0, 0.05) is 16.6 Å². The van der Waals surface area contributed by atoms with Gasteiger partial charge in [-0.1, -0.05) is 36.4 Å². The number of pyridine rings is 1. The van der Waals surface area contributed by atoms with Gasteiger partial charge in [0.05, 0.1) is 11.2 Å². The number of nitrogens with two attached hydrogens (primary N) is 1. The Morgan fingerprint density at radius 1 is 0.842 bits per heavy atom. The van der Waals surface area contributed by atoms with Crippen LogP contribution in [0.4, 0.5) is 5.69 Å². The summed E-state index contributed by atoms with van der Waals surface area (Å²) in [4.78, 5) is 4.79. The second kappa shape index (κ2) is 4.39. The van der Waals surface area contributed by atoms with Crippen molar-refractivity contribution in [3.05, 3.63) is 59.7 Å². The lowest BCUT2D eigenvalue weighted by Gasteiger charge is -2.13. The van der Waals surface area contributed by atoms with Crippen LogP contribution >= 0.6 is 0 Å². The van der Waals surface area contributed by atoms with Crippen molar-refractivity contribution in [2.45, 2.75) is 13.8 Å². The van der Waals surface area contributed by atoms with E-state index in [1.165, 1.54) is 16.5 Å². The number of aryl methyl sites for hydroxylation is 1. The highest BCUT2D eigenvalue weighted by Gasteiger charge is 2.11. The number of hydrogen-bond acceptors (Lipinski definition) is 2. The van der Waals surface area contributed by atoms with E-state index in [1.54, 1.807) is 0 Å². The number of anilines is 1. The van der Waals surface area contributed by atoms with Crippen LogP contribution < -0.4 is 5.73 Å². The summed E-state index contributed by atoms with van der Waals surface area (Å²) in [6.07, 6.45) is 0. The van der Waals surface area contributed by atoms with Crippen molar-refractivity contribution in [2.75, 3.05) is 5.73 Å². The Bertz CT molecular complexity index is 760. The minimum Gasteiger partial charge on any atom is -0.398 e. The molecule has 0 radical (unpaired) electrons. The van der Waals surface area contributed by atoms with Crippen molar-refractivity contribution in [1.29, 1.82) is 0 Å². The summed E-state index contributed by atoms with van der Waals surface area (Å²) in [5, 5.41) is 1.21. The monoisotopic (exact) mass is 248 g/mol. The number of nitrogens with zero attached hydrogens (tertiary/aromatic N) is 1. The zero-order valence-corrected chi connectivity index (χ0v) is 11.1. The minimum atomic E-state index is 0.771. The second-order valence-electron chi connectivity index (χ2n) is 4.81. The predicted molar refractivity (Wildman–Crippen MR) is 81.1 cm³/mol. The second-order valence-corrected chi connectivity index (χ2v) is 4.81. The largest absolute Gasteiger partial charge is 0.398 e. The van der Waals surface area contributed by atoms with Gasteiger partial charge < -0.3 is 5.73 Å². The number of benzene rings is 2.